The molecule has 2 aromatic carbocycles. The van der Waals surface area contributed by atoms with Crippen molar-refractivity contribution < 1.29 is 4.79 Å². The quantitative estimate of drug-likeness (QED) is 0.565. The van der Waals surface area contributed by atoms with Crippen LogP contribution in [0.2, 0.25) is 0 Å². The molecule has 0 aliphatic carbocycles. The molecule has 0 atom stereocenters. The van der Waals surface area contributed by atoms with Crippen LogP contribution in [0, 0.1) is 5.41 Å². The molecule has 1 heteroatoms. The molecule has 0 saturated heterocycles. The normalized spacial score (nSPS) is 11.1. The van der Waals surface area contributed by atoms with Gasteiger partial charge in [-0.15, -0.1) is 6.58 Å². The minimum Gasteiger partial charge on any atom is -0.293 e. The number of hydrogen-bond donors (Lipinski definition) is 0. The van der Waals surface area contributed by atoms with E-state index in [-0.39, 0.29) is 5.78 Å². The Morgan fingerprint density at radius 2 is 1.47 bits per heavy atom. The van der Waals surface area contributed by atoms with Crippen LogP contribution < -0.4 is 0 Å². The zero-order chi connectivity index (χ0) is 13.9. The SMILES string of the molecule is C=CC(C)(C)C(=O)c1ccc(-c2ccccc2)cc1. The summed E-state index contributed by atoms with van der Waals surface area (Å²) in [5.74, 6) is 0.0992. The Labute approximate surface area is 114 Å². The summed E-state index contributed by atoms with van der Waals surface area (Å²) in [6.07, 6.45) is 1.69. The minimum atomic E-state index is -0.520. The molecule has 0 aliphatic heterocycles. The number of ketones is 1. The van der Waals surface area contributed by atoms with Crippen LogP contribution in [0.3, 0.4) is 0 Å². The van der Waals surface area contributed by atoms with Crippen LogP contribution in [-0.4, -0.2) is 5.78 Å². The molecule has 0 aromatic heterocycles. The second kappa shape index (κ2) is 5.23. The monoisotopic (exact) mass is 250 g/mol. The molecule has 0 N–H and O–H groups in total. The average molecular weight is 250 g/mol. The molecule has 0 spiro atoms. The van der Waals surface area contributed by atoms with E-state index in [2.05, 4.69) is 18.7 Å². The van der Waals surface area contributed by atoms with Crippen LogP contribution in [-0.2, 0) is 0 Å². The zero-order valence-electron chi connectivity index (χ0n) is 11.4. The lowest BCUT2D eigenvalue weighted by Gasteiger charge is -2.18. The van der Waals surface area contributed by atoms with E-state index in [9.17, 15) is 4.79 Å². The van der Waals surface area contributed by atoms with Crippen LogP contribution in [0.5, 0.6) is 0 Å². The van der Waals surface area contributed by atoms with Crippen molar-refractivity contribution in [3.63, 3.8) is 0 Å². The first kappa shape index (κ1) is 13.3. The minimum absolute atomic E-state index is 0.0992. The van der Waals surface area contributed by atoms with E-state index in [4.69, 9.17) is 0 Å². The molecule has 1 nitrogen and oxygen atoms in total. The number of benzene rings is 2. The van der Waals surface area contributed by atoms with E-state index in [0.29, 0.717) is 0 Å². The van der Waals surface area contributed by atoms with E-state index in [1.54, 1.807) is 6.08 Å². The third kappa shape index (κ3) is 2.82. The molecule has 2 aromatic rings. The van der Waals surface area contributed by atoms with Gasteiger partial charge < -0.3 is 0 Å². The lowest BCUT2D eigenvalue weighted by atomic mass is 9.84. The molecule has 0 radical (unpaired) electrons. The smallest absolute Gasteiger partial charge is 0.172 e. The summed E-state index contributed by atoms with van der Waals surface area (Å²) in [5, 5.41) is 0. The Bertz CT molecular complexity index is 577. The Morgan fingerprint density at radius 3 is 2.00 bits per heavy atom. The lowest BCUT2D eigenvalue weighted by molar-refractivity contribution is 0.0886. The maximum absolute atomic E-state index is 12.3. The third-order valence-electron chi connectivity index (χ3n) is 3.35. The van der Waals surface area contributed by atoms with Gasteiger partial charge in [-0.1, -0.05) is 60.7 Å². The molecule has 0 saturated carbocycles. The first-order valence-electron chi connectivity index (χ1n) is 6.38. The molecule has 0 amide bonds. The summed E-state index contributed by atoms with van der Waals surface area (Å²) < 4.78 is 0. The summed E-state index contributed by atoms with van der Waals surface area (Å²) in [7, 11) is 0. The first-order valence-corrected chi connectivity index (χ1v) is 6.38. The molecule has 0 fully saturated rings. The van der Waals surface area contributed by atoms with Crippen molar-refractivity contribution in [2.75, 3.05) is 0 Å². The van der Waals surface area contributed by atoms with E-state index >= 15 is 0 Å². The van der Waals surface area contributed by atoms with Gasteiger partial charge in [-0.3, -0.25) is 4.79 Å². The van der Waals surface area contributed by atoms with Crippen LogP contribution in [0.25, 0.3) is 11.1 Å². The lowest BCUT2D eigenvalue weighted by Crippen LogP contribution is -2.21. The number of hydrogen-bond acceptors (Lipinski definition) is 1. The fourth-order valence-corrected chi connectivity index (χ4v) is 1.91. The molecule has 0 bridgehead atoms. The van der Waals surface area contributed by atoms with Crippen molar-refractivity contribution in [1.29, 1.82) is 0 Å². The van der Waals surface area contributed by atoms with Crippen LogP contribution >= 0.6 is 0 Å². The van der Waals surface area contributed by atoms with Crippen molar-refractivity contribution >= 4 is 5.78 Å². The molecular formula is C18H18O. The van der Waals surface area contributed by atoms with E-state index < -0.39 is 5.41 Å². The number of carbonyl (C=O) groups is 1. The maximum atomic E-state index is 12.3. The van der Waals surface area contributed by atoms with Crippen molar-refractivity contribution in [3.05, 3.63) is 72.8 Å². The van der Waals surface area contributed by atoms with E-state index in [0.717, 1.165) is 16.7 Å². The molecule has 2 rings (SSSR count). The molecule has 19 heavy (non-hydrogen) atoms. The second-order valence-corrected chi connectivity index (χ2v) is 5.20. The fraction of sp³-hybridized carbons (Fsp3) is 0.167. The molecule has 96 valence electrons. The number of Topliss-reactive ketones (excluding diaryl/α,β-unsaturated/α-hetero) is 1. The van der Waals surface area contributed by atoms with Crippen molar-refractivity contribution in [3.8, 4) is 11.1 Å². The van der Waals surface area contributed by atoms with Crippen LogP contribution in [0.1, 0.15) is 24.2 Å². The van der Waals surface area contributed by atoms with Gasteiger partial charge >= 0.3 is 0 Å². The second-order valence-electron chi connectivity index (χ2n) is 5.20. The molecule has 0 heterocycles. The topological polar surface area (TPSA) is 17.1 Å². The standard InChI is InChI=1S/C18H18O/c1-4-18(2,3)17(19)16-12-10-15(11-13-16)14-8-6-5-7-9-14/h4-13H,1H2,2-3H3. The van der Waals surface area contributed by atoms with Crippen LogP contribution in [0.15, 0.2) is 67.3 Å². The Hall–Kier alpha value is -2.15. The predicted octanol–water partition coefficient (Wildman–Crippen LogP) is 4.75. The fourth-order valence-electron chi connectivity index (χ4n) is 1.91. The van der Waals surface area contributed by atoms with Gasteiger partial charge in [-0.05, 0) is 25.0 Å². The first-order chi connectivity index (χ1) is 9.04. The van der Waals surface area contributed by atoms with Gasteiger partial charge in [0.25, 0.3) is 0 Å². The third-order valence-corrected chi connectivity index (χ3v) is 3.35. The number of allylic oxidation sites excluding steroid dienone is 1. The number of rotatable bonds is 4. The Balaban J connectivity index is 2.29. The Morgan fingerprint density at radius 1 is 0.947 bits per heavy atom. The maximum Gasteiger partial charge on any atom is 0.172 e. The summed E-state index contributed by atoms with van der Waals surface area (Å²) >= 11 is 0. The highest BCUT2D eigenvalue weighted by molar-refractivity contribution is 6.01. The van der Waals surface area contributed by atoms with Crippen molar-refractivity contribution in [2.45, 2.75) is 13.8 Å². The molecule has 0 aliphatic rings. The van der Waals surface area contributed by atoms with E-state index in [1.807, 2.05) is 56.3 Å². The largest absolute Gasteiger partial charge is 0.293 e. The van der Waals surface area contributed by atoms with Gasteiger partial charge in [0.15, 0.2) is 5.78 Å². The zero-order valence-corrected chi connectivity index (χ0v) is 11.4. The Kier molecular flexibility index (Phi) is 3.66. The molecule has 0 unspecified atom stereocenters. The van der Waals surface area contributed by atoms with Gasteiger partial charge in [-0.25, -0.2) is 0 Å². The molecular weight excluding hydrogens is 232 g/mol. The number of carbonyl (C=O) groups excluding carboxylic acids is 1. The highest BCUT2D eigenvalue weighted by atomic mass is 16.1. The summed E-state index contributed by atoms with van der Waals surface area (Å²) in [5.41, 5.74) is 2.48. The van der Waals surface area contributed by atoms with Gasteiger partial charge in [0.1, 0.15) is 0 Å². The van der Waals surface area contributed by atoms with E-state index in [1.165, 1.54) is 0 Å². The highest BCUT2D eigenvalue weighted by Crippen LogP contribution is 2.25. The van der Waals surface area contributed by atoms with Crippen molar-refractivity contribution in [2.24, 2.45) is 5.41 Å². The van der Waals surface area contributed by atoms with Gasteiger partial charge in [-0.2, -0.15) is 0 Å². The van der Waals surface area contributed by atoms with Crippen LogP contribution in [0.4, 0.5) is 0 Å². The van der Waals surface area contributed by atoms with Crippen molar-refractivity contribution in [1.82, 2.24) is 0 Å². The average Bonchev–Trinajstić information content (AvgIpc) is 2.47. The summed E-state index contributed by atoms with van der Waals surface area (Å²) in [6.45, 7) is 7.49. The summed E-state index contributed by atoms with van der Waals surface area (Å²) in [4.78, 5) is 12.3. The summed E-state index contributed by atoms with van der Waals surface area (Å²) in [6, 6.07) is 17.9. The predicted molar refractivity (Wildman–Crippen MR) is 80.2 cm³/mol. The van der Waals surface area contributed by atoms with Gasteiger partial charge in [0, 0.05) is 11.0 Å². The highest BCUT2D eigenvalue weighted by Gasteiger charge is 2.24. The van der Waals surface area contributed by atoms with Gasteiger partial charge in [0.05, 0.1) is 0 Å². The van der Waals surface area contributed by atoms with Gasteiger partial charge in [0.2, 0.25) is 0 Å².